The predicted molar refractivity (Wildman–Crippen MR) is 123 cm³/mol. The Kier molecular flexibility index (Phi) is 6.75. The molecule has 0 aliphatic carbocycles. The molecule has 2 aromatic rings. The van der Waals surface area contributed by atoms with Crippen molar-refractivity contribution in [2.45, 2.75) is 31.8 Å². The molecule has 1 fully saturated rings. The molecule has 1 unspecified atom stereocenters. The first-order valence-corrected chi connectivity index (χ1v) is 11.4. The molecule has 0 aromatic heterocycles. The predicted octanol–water partition coefficient (Wildman–Crippen LogP) is 5.03. The van der Waals surface area contributed by atoms with Crippen molar-refractivity contribution in [2.75, 3.05) is 33.4 Å². The number of hydrogen-bond acceptors (Lipinski definition) is 5. The van der Waals surface area contributed by atoms with E-state index in [2.05, 4.69) is 11.0 Å². The summed E-state index contributed by atoms with van der Waals surface area (Å²) in [5.74, 6) is 0.977. The zero-order valence-corrected chi connectivity index (χ0v) is 19.7. The van der Waals surface area contributed by atoms with Gasteiger partial charge in [0, 0.05) is 34.2 Å². The Labute approximate surface area is 198 Å². The van der Waals surface area contributed by atoms with Crippen LogP contribution in [-0.2, 0) is 16.8 Å². The van der Waals surface area contributed by atoms with Crippen LogP contribution in [0.1, 0.15) is 30.9 Å². The molecule has 0 radical (unpaired) electrons. The largest absolute Gasteiger partial charge is 0.495 e. The molecule has 0 saturated carbocycles. The van der Waals surface area contributed by atoms with E-state index in [1.54, 1.807) is 26.2 Å². The fourth-order valence-electron chi connectivity index (χ4n) is 4.51. The molecule has 172 valence electrons. The fraction of sp³-hybridized carbons (Fsp3) is 0.458. The van der Waals surface area contributed by atoms with E-state index in [0.29, 0.717) is 40.3 Å². The minimum atomic E-state index is -0.746. The second-order valence-electron chi connectivity index (χ2n) is 8.60. The number of likely N-dealkylation sites (tertiary alicyclic amines) is 1. The van der Waals surface area contributed by atoms with Gasteiger partial charge in [-0.2, -0.15) is 0 Å². The van der Waals surface area contributed by atoms with Gasteiger partial charge in [0.1, 0.15) is 23.9 Å². The van der Waals surface area contributed by atoms with Crippen molar-refractivity contribution in [2.24, 2.45) is 5.92 Å². The van der Waals surface area contributed by atoms with Crippen molar-refractivity contribution in [1.82, 2.24) is 4.90 Å². The maximum absolute atomic E-state index is 11.2. The van der Waals surface area contributed by atoms with Crippen LogP contribution in [0, 0.1) is 5.92 Å². The summed E-state index contributed by atoms with van der Waals surface area (Å²) >= 11 is 12.7. The summed E-state index contributed by atoms with van der Waals surface area (Å²) in [4.78, 5) is 13.4. The Balaban J connectivity index is 1.42. The second kappa shape index (κ2) is 9.38. The molecular weight excluding hydrogens is 453 g/mol. The van der Waals surface area contributed by atoms with Gasteiger partial charge in [-0.15, -0.1) is 0 Å². The third kappa shape index (κ3) is 4.49. The summed E-state index contributed by atoms with van der Waals surface area (Å²) in [5.41, 5.74) is 1.86. The molecule has 2 aliphatic rings. The van der Waals surface area contributed by atoms with E-state index in [-0.39, 0.29) is 17.9 Å². The van der Waals surface area contributed by atoms with E-state index in [1.165, 1.54) is 5.56 Å². The number of fused-ring (bicyclic) bond motifs is 2. The number of carbonyl (C=O) groups is 1. The van der Waals surface area contributed by atoms with Crippen molar-refractivity contribution in [3.8, 4) is 17.2 Å². The normalized spacial score (nSPS) is 18.1. The van der Waals surface area contributed by atoms with Crippen LogP contribution >= 0.6 is 23.2 Å². The lowest BCUT2D eigenvalue weighted by atomic mass is 9.74. The van der Waals surface area contributed by atoms with Crippen LogP contribution in [0.4, 0.5) is 0 Å². The molecule has 0 amide bonds. The molecule has 8 heteroatoms. The number of methoxy groups -OCH3 is 1. The Morgan fingerprint density at radius 2 is 2.00 bits per heavy atom. The van der Waals surface area contributed by atoms with Crippen LogP contribution in [0.3, 0.4) is 0 Å². The third-order valence-electron chi connectivity index (χ3n) is 6.55. The lowest BCUT2D eigenvalue weighted by Gasteiger charge is -2.39. The lowest BCUT2D eigenvalue weighted by Crippen LogP contribution is -2.45. The molecule has 1 N–H and O–H groups in total. The summed E-state index contributed by atoms with van der Waals surface area (Å²) in [5, 5.41) is 10.1. The molecule has 1 spiro atoms. The van der Waals surface area contributed by atoms with Gasteiger partial charge in [-0.1, -0.05) is 36.2 Å². The maximum Gasteiger partial charge on any atom is 0.307 e. The second-order valence-corrected chi connectivity index (χ2v) is 9.38. The Morgan fingerprint density at radius 3 is 2.69 bits per heavy atom. The third-order valence-corrected chi connectivity index (χ3v) is 7.32. The number of carboxylic acids is 1. The number of nitrogens with zero attached hydrogens (tertiary/aromatic N) is 1. The standard InChI is InChI=1S/C24H27Cl2NO5/c1-15(23(28)29)12-27-9-7-24(8-10-27)14-32-21-11-16(3-4-18(21)24)31-13-17-19(25)5-6-20(30-2)22(17)26/h3-6,11,15H,7-10,12-14H2,1-2H3,(H,28,29). The van der Waals surface area contributed by atoms with Crippen LogP contribution in [0.15, 0.2) is 30.3 Å². The van der Waals surface area contributed by atoms with Gasteiger partial charge in [0.25, 0.3) is 0 Å². The molecule has 1 atom stereocenters. The number of ether oxygens (including phenoxy) is 3. The van der Waals surface area contributed by atoms with E-state index in [9.17, 15) is 4.79 Å². The van der Waals surface area contributed by atoms with E-state index >= 15 is 0 Å². The summed E-state index contributed by atoms with van der Waals surface area (Å²) in [6, 6.07) is 9.43. The molecule has 32 heavy (non-hydrogen) atoms. The first-order valence-electron chi connectivity index (χ1n) is 10.7. The van der Waals surface area contributed by atoms with Gasteiger partial charge in [0.15, 0.2) is 0 Å². The summed E-state index contributed by atoms with van der Waals surface area (Å²) in [6.45, 7) is 4.93. The molecule has 2 aliphatic heterocycles. The highest BCUT2D eigenvalue weighted by molar-refractivity contribution is 6.36. The monoisotopic (exact) mass is 479 g/mol. The smallest absolute Gasteiger partial charge is 0.307 e. The minimum Gasteiger partial charge on any atom is -0.495 e. The highest BCUT2D eigenvalue weighted by atomic mass is 35.5. The number of carboxylic acid groups (broad SMARTS) is 1. The first kappa shape index (κ1) is 23.0. The van der Waals surface area contributed by atoms with E-state index in [0.717, 1.165) is 31.7 Å². The summed E-state index contributed by atoms with van der Waals surface area (Å²) in [7, 11) is 1.56. The molecule has 2 aromatic carbocycles. The van der Waals surface area contributed by atoms with E-state index < -0.39 is 5.97 Å². The SMILES string of the molecule is COc1ccc(Cl)c(COc2ccc3c(c2)OCC32CCN(CC(C)C(=O)O)CC2)c1Cl. The van der Waals surface area contributed by atoms with Gasteiger partial charge in [-0.3, -0.25) is 4.79 Å². The van der Waals surface area contributed by atoms with Crippen molar-refractivity contribution in [3.05, 3.63) is 51.5 Å². The number of rotatable bonds is 7. The van der Waals surface area contributed by atoms with Gasteiger partial charge in [0.2, 0.25) is 0 Å². The Morgan fingerprint density at radius 1 is 1.25 bits per heavy atom. The zero-order valence-electron chi connectivity index (χ0n) is 18.2. The van der Waals surface area contributed by atoms with Gasteiger partial charge in [-0.05, 0) is 44.1 Å². The summed E-state index contributed by atoms with van der Waals surface area (Å²) < 4.78 is 17.3. The molecule has 1 saturated heterocycles. The molecule has 2 heterocycles. The highest BCUT2D eigenvalue weighted by Gasteiger charge is 2.43. The molecular formula is C24H27Cl2NO5. The molecule has 0 bridgehead atoms. The van der Waals surface area contributed by atoms with Gasteiger partial charge in [0.05, 0.1) is 24.7 Å². The number of benzene rings is 2. The van der Waals surface area contributed by atoms with Crippen LogP contribution in [0.25, 0.3) is 0 Å². The van der Waals surface area contributed by atoms with Crippen LogP contribution in [0.2, 0.25) is 10.0 Å². The average molecular weight is 480 g/mol. The quantitative estimate of drug-likeness (QED) is 0.600. The molecule has 6 nitrogen and oxygen atoms in total. The summed E-state index contributed by atoms with van der Waals surface area (Å²) in [6.07, 6.45) is 1.89. The van der Waals surface area contributed by atoms with Crippen molar-refractivity contribution < 1.29 is 24.1 Å². The van der Waals surface area contributed by atoms with Crippen LogP contribution < -0.4 is 14.2 Å². The maximum atomic E-state index is 11.2. The highest BCUT2D eigenvalue weighted by Crippen LogP contribution is 2.47. The number of aliphatic carboxylic acids is 1. The van der Waals surface area contributed by atoms with E-state index in [1.807, 2.05) is 12.1 Å². The lowest BCUT2D eigenvalue weighted by molar-refractivity contribution is -0.141. The van der Waals surface area contributed by atoms with Crippen LogP contribution in [0.5, 0.6) is 17.2 Å². The van der Waals surface area contributed by atoms with E-state index in [4.69, 9.17) is 42.5 Å². The Hall–Kier alpha value is -2.15. The Bertz CT molecular complexity index is 1000. The minimum absolute atomic E-state index is 0.0176. The number of hydrogen-bond donors (Lipinski definition) is 1. The van der Waals surface area contributed by atoms with Crippen LogP contribution in [-0.4, -0.2) is 49.3 Å². The van der Waals surface area contributed by atoms with Crippen molar-refractivity contribution in [1.29, 1.82) is 0 Å². The van der Waals surface area contributed by atoms with Gasteiger partial charge < -0.3 is 24.2 Å². The van der Waals surface area contributed by atoms with Crippen molar-refractivity contribution in [3.63, 3.8) is 0 Å². The first-order chi connectivity index (χ1) is 15.3. The van der Waals surface area contributed by atoms with Crippen molar-refractivity contribution >= 4 is 29.2 Å². The fourth-order valence-corrected chi connectivity index (χ4v) is 5.06. The topological polar surface area (TPSA) is 68.2 Å². The van der Waals surface area contributed by atoms with Gasteiger partial charge >= 0.3 is 5.97 Å². The average Bonchev–Trinajstić information content (AvgIpc) is 3.13. The van der Waals surface area contributed by atoms with Gasteiger partial charge in [-0.25, -0.2) is 0 Å². The number of piperidine rings is 1. The molecule has 4 rings (SSSR count). The number of halogens is 2. The zero-order chi connectivity index (χ0) is 22.9.